The molecule has 9 nitrogen and oxygen atoms in total. The van der Waals surface area contributed by atoms with Gasteiger partial charge in [0.05, 0.1) is 11.7 Å². The Morgan fingerprint density at radius 2 is 1.87 bits per heavy atom. The first-order valence-electron chi connectivity index (χ1n) is 10.5. The monoisotopic (exact) mass is 407 g/mol. The average molecular weight is 408 g/mol. The minimum absolute atomic E-state index is 0.109. The van der Waals surface area contributed by atoms with Gasteiger partial charge in [-0.1, -0.05) is 20.8 Å². The molecule has 0 unspecified atom stereocenters. The number of nitrogens with zero attached hydrogens (tertiary/aromatic N) is 9. The molecule has 5 rings (SSSR count). The predicted octanol–water partition coefficient (Wildman–Crippen LogP) is 1.52. The zero-order chi connectivity index (χ0) is 21.0. The molecule has 158 valence electrons. The molecule has 0 amide bonds. The maximum Gasteiger partial charge on any atom is 0.178 e. The van der Waals surface area contributed by atoms with Crippen molar-refractivity contribution in [3.8, 4) is 0 Å². The summed E-state index contributed by atoms with van der Waals surface area (Å²) in [7, 11) is 4.26. The van der Waals surface area contributed by atoms with E-state index in [0.29, 0.717) is 6.04 Å². The molecule has 0 bridgehead atoms. The van der Waals surface area contributed by atoms with Crippen molar-refractivity contribution in [3.05, 3.63) is 35.3 Å². The maximum absolute atomic E-state index is 4.82. The molecule has 3 aromatic heterocycles. The molecule has 1 saturated heterocycles. The van der Waals surface area contributed by atoms with Crippen LogP contribution < -0.4 is 9.80 Å². The van der Waals surface area contributed by atoms with Crippen molar-refractivity contribution < 1.29 is 0 Å². The highest BCUT2D eigenvalue weighted by molar-refractivity contribution is 5.51. The minimum Gasteiger partial charge on any atom is -0.352 e. The summed E-state index contributed by atoms with van der Waals surface area (Å²) in [6.45, 7) is 10.2. The van der Waals surface area contributed by atoms with Gasteiger partial charge in [0.25, 0.3) is 0 Å². The Bertz CT molecular complexity index is 1080. The van der Waals surface area contributed by atoms with Crippen LogP contribution in [0, 0.1) is 0 Å². The molecule has 0 radical (unpaired) electrons. The number of rotatable bonds is 3. The van der Waals surface area contributed by atoms with Crippen molar-refractivity contribution in [2.24, 2.45) is 0 Å². The van der Waals surface area contributed by atoms with E-state index in [0.717, 1.165) is 61.4 Å². The van der Waals surface area contributed by atoms with E-state index in [1.165, 1.54) is 5.56 Å². The number of aromatic nitrogens is 6. The lowest BCUT2D eigenvalue weighted by Gasteiger charge is -2.45. The van der Waals surface area contributed by atoms with Gasteiger partial charge in [0.1, 0.15) is 5.82 Å². The number of anilines is 2. The quantitative estimate of drug-likeness (QED) is 0.647. The third kappa shape index (κ3) is 3.27. The van der Waals surface area contributed by atoms with E-state index in [2.05, 4.69) is 76.0 Å². The van der Waals surface area contributed by atoms with Crippen LogP contribution in [0.25, 0.3) is 5.65 Å². The van der Waals surface area contributed by atoms with Crippen molar-refractivity contribution in [1.29, 1.82) is 0 Å². The summed E-state index contributed by atoms with van der Waals surface area (Å²) >= 11 is 0. The van der Waals surface area contributed by atoms with Crippen LogP contribution in [0.15, 0.2) is 18.2 Å². The Hall–Kier alpha value is -2.81. The molecule has 5 heterocycles. The largest absolute Gasteiger partial charge is 0.352 e. The highest BCUT2D eigenvalue weighted by atomic mass is 15.4. The summed E-state index contributed by atoms with van der Waals surface area (Å²) in [4.78, 5) is 6.86. The van der Waals surface area contributed by atoms with Gasteiger partial charge < -0.3 is 14.7 Å². The number of hydrogen-bond donors (Lipinski definition) is 0. The Kier molecular flexibility index (Phi) is 4.39. The summed E-state index contributed by atoms with van der Waals surface area (Å²) in [6, 6.07) is 6.62. The fourth-order valence-electron chi connectivity index (χ4n) is 4.12. The van der Waals surface area contributed by atoms with Crippen LogP contribution in [-0.4, -0.2) is 74.7 Å². The van der Waals surface area contributed by atoms with Crippen LogP contribution in [0.5, 0.6) is 0 Å². The van der Waals surface area contributed by atoms with Crippen molar-refractivity contribution >= 4 is 17.3 Å². The first kappa shape index (κ1) is 19.2. The smallest absolute Gasteiger partial charge is 0.178 e. The fraction of sp³-hybridized carbons (Fsp3) is 0.571. The third-order valence-electron chi connectivity index (χ3n) is 6.13. The van der Waals surface area contributed by atoms with Crippen molar-refractivity contribution in [1.82, 2.24) is 34.9 Å². The van der Waals surface area contributed by atoms with Crippen LogP contribution >= 0.6 is 0 Å². The van der Waals surface area contributed by atoms with Crippen molar-refractivity contribution in [2.45, 2.75) is 45.2 Å². The summed E-state index contributed by atoms with van der Waals surface area (Å²) in [5.41, 5.74) is 3.11. The molecule has 0 aliphatic carbocycles. The van der Waals surface area contributed by atoms with E-state index in [9.17, 15) is 0 Å². The van der Waals surface area contributed by atoms with Gasteiger partial charge in [0.15, 0.2) is 17.3 Å². The van der Waals surface area contributed by atoms with Gasteiger partial charge in [-0.25, -0.2) is 0 Å². The Morgan fingerprint density at radius 3 is 2.63 bits per heavy atom. The van der Waals surface area contributed by atoms with Gasteiger partial charge in [-0.15, -0.1) is 20.4 Å². The van der Waals surface area contributed by atoms with Gasteiger partial charge in [-0.3, -0.25) is 0 Å². The lowest BCUT2D eigenvalue weighted by atomic mass is 9.96. The number of hydrogen-bond acceptors (Lipinski definition) is 8. The SMILES string of the molecule is CN1CCc2nnc(N(C)C3CN(c4ccc5nnc(C(C)(C)C)n5n4)C3)cc2C1. The van der Waals surface area contributed by atoms with Gasteiger partial charge in [0.2, 0.25) is 0 Å². The van der Waals surface area contributed by atoms with E-state index in [1.807, 2.05) is 16.6 Å². The Morgan fingerprint density at radius 1 is 1.07 bits per heavy atom. The van der Waals surface area contributed by atoms with Crippen LogP contribution in [0.3, 0.4) is 0 Å². The molecule has 30 heavy (non-hydrogen) atoms. The number of likely N-dealkylation sites (N-methyl/N-ethyl adjacent to an activating group) is 2. The van der Waals surface area contributed by atoms with Gasteiger partial charge in [-0.2, -0.15) is 9.61 Å². The first-order chi connectivity index (χ1) is 14.3. The third-order valence-corrected chi connectivity index (χ3v) is 6.13. The molecule has 2 aliphatic heterocycles. The average Bonchev–Trinajstić information content (AvgIpc) is 3.10. The molecule has 0 aromatic carbocycles. The van der Waals surface area contributed by atoms with Crippen LogP contribution in [-0.2, 0) is 18.4 Å². The molecule has 0 spiro atoms. The summed E-state index contributed by atoms with van der Waals surface area (Å²) in [6.07, 6.45) is 0.980. The molecule has 1 fully saturated rings. The summed E-state index contributed by atoms with van der Waals surface area (Å²) in [5.74, 6) is 2.78. The normalized spacial score (nSPS) is 17.8. The van der Waals surface area contributed by atoms with Crippen LogP contribution in [0.2, 0.25) is 0 Å². The Balaban J connectivity index is 1.31. The second-order valence-corrected chi connectivity index (χ2v) is 9.57. The lowest BCUT2D eigenvalue weighted by molar-refractivity contribution is 0.308. The molecular weight excluding hydrogens is 378 g/mol. The molecular formula is C21H29N9. The van der Waals surface area contributed by atoms with Crippen LogP contribution in [0.4, 0.5) is 11.6 Å². The Labute approximate surface area is 176 Å². The van der Waals surface area contributed by atoms with Crippen molar-refractivity contribution in [2.75, 3.05) is 43.5 Å². The highest BCUT2D eigenvalue weighted by Crippen LogP contribution is 2.27. The maximum atomic E-state index is 4.82. The molecule has 0 N–H and O–H groups in total. The van der Waals surface area contributed by atoms with Crippen molar-refractivity contribution in [3.63, 3.8) is 0 Å². The van der Waals surface area contributed by atoms with E-state index in [4.69, 9.17) is 5.10 Å². The molecule has 3 aromatic rings. The molecule has 0 atom stereocenters. The predicted molar refractivity (Wildman–Crippen MR) is 116 cm³/mol. The highest BCUT2D eigenvalue weighted by Gasteiger charge is 2.33. The van der Waals surface area contributed by atoms with E-state index in [-0.39, 0.29) is 5.41 Å². The second-order valence-electron chi connectivity index (χ2n) is 9.57. The van der Waals surface area contributed by atoms with E-state index >= 15 is 0 Å². The van der Waals surface area contributed by atoms with E-state index < -0.39 is 0 Å². The molecule has 0 saturated carbocycles. The van der Waals surface area contributed by atoms with Gasteiger partial charge >= 0.3 is 0 Å². The topological polar surface area (TPSA) is 78.6 Å². The van der Waals surface area contributed by atoms with Gasteiger partial charge in [-0.05, 0) is 30.8 Å². The first-order valence-corrected chi connectivity index (χ1v) is 10.5. The zero-order valence-corrected chi connectivity index (χ0v) is 18.4. The van der Waals surface area contributed by atoms with E-state index in [1.54, 1.807) is 0 Å². The second kappa shape index (κ2) is 6.87. The molecule has 9 heteroatoms. The lowest BCUT2D eigenvalue weighted by Crippen LogP contribution is -2.59. The fourth-order valence-corrected chi connectivity index (χ4v) is 4.12. The van der Waals surface area contributed by atoms with Gasteiger partial charge in [0, 0.05) is 45.1 Å². The summed E-state index contributed by atoms with van der Waals surface area (Å²) < 4.78 is 1.87. The minimum atomic E-state index is -0.109. The number of fused-ring (bicyclic) bond motifs is 2. The summed E-state index contributed by atoms with van der Waals surface area (Å²) in [5, 5.41) is 22.4. The molecule has 2 aliphatic rings. The van der Waals surface area contributed by atoms with Crippen LogP contribution in [0.1, 0.15) is 37.9 Å². The standard InChI is InChI=1S/C21H29N9/c1-21(2,3)20-25-23-17-6-7-18(26-30(17)20)29-12-15(13-29)28(5)19-10-14-11-27(4)9-8-16(14)22-24-19/h6-7,10,15H,8-9,11-13H2,1-5H3. The zero-order valence-electron chi connectivity index (χ0n) is 18.4.